The minimum absolute atomic E-state index is 0.160. The van der Waals surface area contributed by atoms with Crippen LogP contribution < -0.4 is 9.62 Å². The number of nitrogens with one attached hydrogen (secondary N) is 1. The lowest BCUT2D eigenvalue weighted by molar-refractivity contribution is 0.0953. The van der Waals surface area contributed by atoms with Crippen LogP contribution in [-0.2, 0) is 10.0 Å². The average Bonchev–Trinajstić information content (AvgIpc) is 2.54. The Labute approximate surface area is 144 Å². The minimum atomic E-state index is -3.36. The van der Waals surface area contributed by atoms with Crippen molar-refractivity contribution >= 4 is 21.6 Å². The van der Waals surface area contributed by atoms with Gasteiger partial charge in [0.15, 0.2) is 0 Å². The molecule has 1 N–H and O–H groups in total. The van der Waals surface area contributed by atoms with Crippen molar-refractivity contribution in [3.8, 4) is 0 Å². The van der Waals surface area contributed by atoms with Crippen LogP contribution in [0.15, 0.2) is 29.8 Å². The van der Waals surface area contributed by atoms with E-state index in [2.05, 4.69) is 11.4 Å². The van der Waals surface area contributed by atoms with Gasteiger partial charge in [0.1, 0.15) is 0 Å². The molecule has 132 valence electrons. The Morgan fingerprint density at radius 3 is 2.67 bits per heavy atom. The zero-order chi connectivity index (χ0) is 17.7. The molecule has 0 atom stereocenters. The number of sulfonamides is 1. The molecule has 24 heavy (non-hydrogen) atoms. The summed E-state index contributed by atoms with van der Waals surface area (Å²) in [5, 5.41) is 2.94. The molecule has 1 aromatic rings. The van der Waals surface area contributed by atoms with Gasteiger partial charge in [-0.2, -0.15) is 0 Å². The van der Waals surface area contributed by atoms with Crippen LogP contribution in [0, 0.1) is 6.92 Å². The van der Waals surface area contributed by atoms with Crippen molar-refractivity contribution < 1.29 is 13.2 Å². The second-order valence-corrected chi connectivity index (χ2v) is 8.31. The largest absolute Gasteiger partial charge is 0.352 e. The number of allylic oxidation sites excluding steroid dienone is 1. The number of hydrogen-bond acceptors (Lipinski definition) is 3. The number of benzene rings is 1. The van der Waals surface area contributed by atoms with E-state index in [1.165, 1.54) is 29.8 Å². The van der Waals surface area contributed by atoms with Crippen LogP contribution in [0.2, 0.25) is 0 Å². The van der Waals surface area contributed by atoms with E-state index >= 15 is 0 Å². The predicted molar refractivity (Wildman–Crippen MR) is 97.9 cm³/mol. The van der Waals surface area contributed by atoms with E-state index in [1.54, 1.807) is 25.1 Å². The fourth-order valence-electron chi connectivity index (χ4n) is 2.95. The van der Waals surface area contributed by atoms with E-state index in [1.807, 2.05) is 0 Å². The summed E-state index contributed by atoms with van der Waals surface area (Å²) in [4.78, 5) is 12.4. The van der Waals surface area contributed by atoms with Crippen molar-refractivity contribution in [2.75, 3.05) is 24.2 Å². The van der Waals surface area contributed by atoms with Gasteiger partial charge in [-0.3, -0.25) is 9.10 Å². The van der Waals surface area contributed by atoms with Crippen molar-refractivity contribution in [3.05, 3.63) is 41.0 Å². The Morgan fingerprint density at radius 2 is 2.04 bits per heavy atom. The second-order valence-electron chi connectivity index (χ2n) is 6.29. The SMILES string of the molecule is Cc1c(C(=O)NCCC2=CCCCC2)cccc1N(C)S(C)(=O)=O. The summed E-state index contributed by atoms with van der Waals surface area (Å²) >= 11 is 0. The molecule has 0 radical (unpaired) electrons. The van der Waals surface area contributed by atoms with Crippen LogP contribution in [0.4, 0.5) is 5.69 Å². The Morgan fingerprint density at radius 1 is 1.29 bits per heavy atom. The van der Waals surface area contributed by atoms with E-state index in [-0.39, 0.29) is 5.91 Å². The highest BCUT2D eigenvalue weighted by Crippen LogP contribution is 2.24. The Hall–Kier alpha value is -1.82. The summed E-state index contributed by atoms with van der Waals surface area (Å²) in [6.07, 6.45) is 9.08. The molecule has 1 aliphatic rings. The molecule has 0 spiro atoms. The summed E-state index contributed by atoms with van der Waals surface area (Å²) in [6.45, 7) is 2.38. The van der Waals surface area contributed by atoms with Crippen molar-refractivity contribution in [3.63, 3.8) is 0 Å². The van der Waals surface area contributed by atoms with Crippen molar-refractivity contribution in [2.45, 2.75) is 39.0 Å². The van der Waals surface area contributed by atoms with Gasteiger partial charge in [-0.25, -0.2) is 8.42 Å². The first-order chi connectivity index (χ1) is 11.3. The van der Waals surface area contributed by atoms with Gasteiger partial charge < -0.3 is 5.32 Å². The third-order valence-corrected chi connectivity index (χ3v) is 5.69. The smallest absolute Gasteiger partial charge is 0.251 e. The van der Waals surface area contributed by atoms with Crippen LogP contribution in [-0.4, -0.2) is 34.2 Å². The third kappa shape index (κ3) is 4.60. The third-order valence-electron chi connectivity index (χ3n) is 4.50. The molecule has 0 aromatic heterocycles. The van der Waals surface area contributed by atoms with Gasteiger partial charge in [0.05, 0.1) is 11.9 Å². The zero-order valence-corrected chi connectivity index (χ0v) is 15.4. The monoisotopic (exact) mass is 350 g/mol. The summed E-state index contributed by atoms with van der Waals surface area (Å²) in [6, 6.07) is 5.15. The highest BCUT2D eigenvalue weighted by atomic mass is 32.2. The number of anilines is 1. The second kappa shape index (κ2) is 7.83. The molecular weight excluding hydrogens is 324 g/mol. The summed E-state index contributed by atoms with van der Waals surface area (Å²) < 4.78 is 24.7. The molecule has 2 rings (SSSR count). The first-order valence-corrected chi connectivity index (χ1v) is 10.1. The van der Waals surface area contributed by atoms with Crippen LogP contribution in [0.3, 0.4) is 0 Å². The normalized spacial score (nSPS) is 14.9. The standard InChI is InChI=1S/C18H26N2O3S/c1-14-16(10-7-11-17(14)20(2)24(3,22)23)18(21)19-13-12-15-8-5-4-6-9-15/h7-8,10-11H,4-6,9,12-13H2,1-3H3,(H,19,21). The first-order valence-electron chi connectivity index (χ1n) is 8.30. The van der Waals surface area contributed by atoms with Gasteiger partial charge in [0.2, 0.25) is 10.0 Å². The maximum atomic E-state index is 12.4. The lowest BCUT2D eigenvalue weighted by Gasteiger charge is -2.20. The van der Waals surface area contributed by atoms with Crippen LogP contribution in [0.25, 0.3) is 0 Å². The minimum Gasteiger partial charge on any atom is -0.352 e. The number of amides is 1. The maximum absolute atomic E-state index is 12.4. The Balaban J connectivity index is 2.05. The number of hydrogen-bond donors (Lipinski definition) is 1. The molecule has 0 bridgehead atoms. The van der Waals surface area contributed by atoms with Gasteiger partial charge in [-0.05, 0) is 56.7 Å². The molecule has 6 heteroatoms. The molecule has 0 fully saturated rings. The molecule has 1 amide bonds. The fourth-order valence-corrected chi connectivity index (χ4v) is 3.51. The number of nitrogens with zero attached hydrogens (tertiary/aromatic N) is 1. The van der Waals surface area contributed by atoms with Crippen molar-refractivity contribution in [1.29, 1.82) is 0 Å². The number of rotatable bonds is 6. The molecule has 0 heterocycles. The topological polar surface area (TPSA) is 66.5 Å². The lowest BCUT2D eigenvalue weighted by atomic mass is 9.97. The zero-order valence-electron chi connectivity index (χ0n) is 14.6. The summed E-state index contributed by atoms with van der Waals surface area (Å²) in [5.41, 5.74) is 3.13. The molecule has 1 aliphatic carbocycles. The van der Waals surface area contributed by atoms with Crippen LogP contribution in [0.1, 0.15) is 48.0 Å². The molecule has 5 nitrogen and oxygen atoms in total. The average molecular weight is 350 g/mol. The molecule has 0 saturated heterocycles. The summed E-state index contributed by atoms with van der Waals surface area (Å²) in [7, 11) is -1.86. The first kappa shape index (κ1) is 18.5. The quantitative estimate of drug-likeness (QED) is 0.802. The highest BCUT2D eigenvalue weighted by Gasteiger charge is 2.18. The van der Waals surface area contributed by atoms with Crippen LogP contribution >= 0.6 is 0 Å². The molecule has 0 unspecified atom stereocenters. The van der Waals surface area contributed by atoms with Gasteiger partial charge in [0, 0.05) is 19.2 Å². The molecule has 1 aromatic carbocycles. The van der Waals surface area contributed by atoms with E-state index in [0.29, 0.717) is 23.4 Å². The molecule has 0 saturated carbocycles. The van der Waals surface area contributed by atoms with Gasteiger partial charge in [-0.1, -0.05) is 17.7 Å². The van der Waals surface area contributed by atoms with Crippen molar-refractivity contribution in [2.24, 2.45) is 0 Å². The van der Waals surface area contributed by atoms with E-state index in [4.69, 9.17) is 0 Å². The van der Waals surface area contributed by atoms with Crippen molar-refractivity contribution in [1.82, 2.24) is 5.32 Å². The fraction of sp³-hybridized carbons (Fsp3) is 0.500. The van der Waals surface area contributed by atoms with Crippen LogP contribution in [0.5, 0.6) is 0 Å². The summed E-state index contributed by atoms with van der Waals surface area (Å²) in [5.74, 6) is -0.160. The predicted octanol–water partition coefficient (Wildman–Crippen LogP) is 3.01. The Bertz CT molecular complexity index is 739. The molecule has 0 aliphatic heterocycles. The highest BCUT2D eigenvalue weighted by molar-refractivity contribution is 7.92. The Kier molecular flexibility index (Phi) is 6.04. The van der Waals surface area contributed by atoms with Gasteiger partial charge in [-0.15, -0.1) is 0 Å². The maximum Gasteiger partial charge on any atom is 0.251 e. The van der Waals surface area contributed by atoms with Gasteiger partial charge >= 0.3 is 0 Å². The number of carbonyl (C=O) groups excluding carboxylic acids is 1. The molecular formula is C18H26N2O3S. The number of carbonyl (C=O) groups is 1. The lowest BCUT2D eigenvalue weighted by Crippen LogP contribution is -2.28. The van der Waals surface area contributed by atoms with E-state index < -0.39 is 10.0 Å². The van der Waals surface area contributed by atoms with Gasteiger partial charge in [0.25, 0.3) is 5.91 Å². The van der Waals surface area contributed by atoms with E-state index in [9.17, 15) is 13.2 Å². The van der Waals surface area contributed by atoms with E-state index in [0.717, 1.165) is 25.5 Å².